The Kier molecular flexibility index (Phi) is 3.17. The molecule has 84 valence electrons. The van der Waals surface area contributed by atoms with E-state index in [1.165, 1.54) is 0 Å². The molecule has 3 N–H and O–H groups in total. The summed E-state index contributed by atoms with van der Waals surface area (Å²) in [5.41, 5.74) is 7.23. The van der Waals surface area contributed by atoms with Gasteiger partial charge in [0.15, 0.2) is 0 Å². The number of nitrogens with two attached hydrogens (primary N) is 1. The van der Waals surface area contributed by atoms with Gasteiger partial charge in [-0.05, 0) is 30.0 Å². The number of primary amides is 1. The third-order valence-corrected chi connectivity index (χ3v) is 3.25. The van der Waals surface area contributed by atoms with E-state index >= 15 is 0 Å². The molecule has 4 nitrogen and oxygen atoms in total. The number of pyridine rings is 1. The fraction of sp³-hybridized carbons (Fsp3) is 0.273. The fourth-order valence-electron chi connectivity index (χ4n) is 1.36. The minimum absolute atomic E-state index is 0.320. The molecule has 16 heavy (non-hydrogen) atoms. The standard InChI is InChI=1S/C11H13N3OS/c1-7(11(12)15)13-5-8-4-10-9(14-6-8)2-3-16-10/h2-4,6-7,13H,5H2,1H3,(H2,12,15)/t7-/m0/s1. The van der Waals surface area contributed by atoms with Crippen LogP contribution >= 0.6 is 11.3 Å². The van der Waals surface area contributed by atoms with Crippen molar-refractivity contribution in [3.05, 3.63) is 29.3 Å². The molecule has 2 aromatic rings. The van der Waals surface area contributed by atoms with Gasteiger partial charge < -0.3 is 11.1 Å². The molecule has 0 aliphatic rings. The van der Waals surface area contributed by atoms with Crippen molar-refractivity contribution in [2.24, 2.45) is 5.73 Å². The number of nitrogens with zero attached hydrogens (tertiary/aromatic N) is 1. The van der Waals surface area contributed by atoms with Crippen LogP contribution < -0.4 is 11.1 Å². The van der Waals surface area contributed by atoms with Gasteiger partial charge in [0.05, 0.1) is 16.3 Å². The van der Waals surface area contributed by atoms with Gasteiger partial charge in [0.1, 0.15) is 0 Å². The van der Waals surface area contributed by atoms with Crippen LogP contribution in [0, 0.1) is 0 Å². The zero-order valence-electron chi connectivity index (χ0n) is 8.93. The van der Waals surface area contributed by atoms with Gasteiger partial charge in [-0.2, -0.15) is 0 Å². The number of hydrogen-bond donors (Lipinski definition) is 2. The molecule has 2 heterocycles. The van der Waals surface area contributed by atoms with Crippen molar-refractivity contribution < 1.29 is 4.79 Å². The summed E-state index contributed by atoms with van der Waals surface area (Å²) in [5.74, 6) is -0.342. The molecular formula is C11H13N3OS. The van der Waals surface area contributed by atoms with Crippen LogP contribution in [0.1, 0.15) is 12.5 Å². The average molecular weight is 235 g/mol. The molecule has 0 saturated heterocycles. The summed E-state index contributed by atoms with van der Waals surface area (Å²) in [7, 11) is 0. The van der Waals surface area contributed by atoms with E-state index in [1.54, 1.807) is 18.3 Å². The lowest BCUT2D eigenvalue weighted by molar-refractivity contribution is -0.119. The van der Waals surface area contributed by atoms with Gasteiger partial charge in [-0.25, -0.2) is 0 Å². The zero-order valence-corrected chi connectivity index (χ0v) is 9.75. The van der Waals surface area contributed by atoms with Gasteiger partial charge >= 0.3 is 0 Å². The summed E-state index contributed by atoms with van der Waals surface area (Å²) >= 11 is 1.66. The van der Waals surface area contributed by atoms with E-state index in [1.807, 2.05) is 17.6 Å². The Morgan fingerprint density at radius 1 is 1.69 bits per heavy atom. The first-order chi connectivity index (χ1) is 7.66. The summed E-state index contributed by atoms with van der Waals surface area (Å²) in [4.78, 5) is 15.2. The lowest BCUT2D eigenvalue weighted by Gasteiger charge is -2.09. The van der Waals surface area contributed by atoms with E-state index < -0.39 is 0 Å². The monoisotopic (exact) mass is 235 g/mol. The Morgan fingerprint density at radius 3 is 3.25 bits per heavy atom. The van der Waals surface area contributed by atoms with Crippen LogP contribution in [0.3, 0.4) is 0 Å². The second-order valence-corrected chi connectivity index (χ2v) is 4.60. The SMILES string of the molecule is C[C@H](NCc1cnc2ccsc2c1)C(N)=O. The zero-order chi connectivity index (χ0) is 11.5. The van der Waals surface area contributed by atoms with Crippen LogP contribution in [0.5, 0.6) is 0 Å². The molecule has 0 bridgehead atoms. The highest BCUT2D eigenvalue weighted by Crippen LogP contribution is 2.19. The van der Waals surface area contributed by atoms with Gasteiger partial charge in [-0.15, -0.1) is 11.3 Å². The molecule has 0 radical (unpaired) electrons. The van der Waals surface area contributed by atoms with E-state index in [0.29, 0.717) is 6.54 Å². The second kappa shape index (κ2) is 4.59. The number of fused-ring (bicyclic) bond motifs is 1. The molecule has 1 amide bonds. The van der Waals surface area contributed by atoms with Gasteiger partial charge in [0, 0.05) is 12.7 Å². The highest BCUT2D eigenvalue weighted by molar-refractivity contribution is 7.17. The van der Waals surface area contributed by atoms with Crippen LogP contribution in [-0.2, 0) is 11.3 Å². The second-order valence-electron chi connectivity index (χ2n) is 3.65. The Hall–Kier alpha value is -1.46. The molecule has 0 aromatic carbocycles. The number of rotatable bonds is 4. The number of nitrogens with one attached hydrogen (secondary N) is 1. The Bertz CT molecular complexity index is 509. The Balaban J connectivity index is 2.06. The van der Waals surface area contributed by atoms with Crippen molar-refractivity contribution in [2.75, 3.05) is 0 Å². The first-order valence-electron chi connectivity index (χ1n) is 5.01. The Labute approximate surface area is 97.5 Å². The predicted octanol–water partition coefficient (Wildman–Crippen LogP) is 1.26. The van der Waals surface area contributed by atoms with Gasteiger partial charge in [-0.1, -0.05) is 0 Å². The summed E-state index contributed by atoms with van der Waals surface area (Å²) in [6.07, 6.45) is 1.82. The van der Waals surface area contributed by atoms with Crippen molar-refractivity contribution in [3.63, 3.8) is 0 Å². The molecule has 0 aliphatic heterocycles. The molecule has 0 spiro atoms. The number of carbonyl (C=O) groups is 1. The largest absolute Gasteiger partial charge is 0.368 e. The highest BCUT2D eigenvalue weighted by atomic mass is 32.1. The maximum absolute atomic E-state index is 10.8. The van der Waals surface area contributed by atoms with Crippen molar-refractivity contribution in [1.82, 2.24) is 10.3 Å². The molecule has 0 saturated carbocycles. The first kappa shape index (κ1) is 11.0. The molecule has 2 aromatic heterocycles. The molecule has 5 heteroatoms. The van der Waals surface area contributed by atoms with Crippen LogP contribution in [0.2, 0.25) is 0 Å². The van der Waals surface area contributed by atoms with Crippen molar-refractivity contribution >= 4 is 27.5 Å². The topological polar surface area (TPSA) is 68.0 Å². The average Bonchev–Trinajstić information content (AvgIpc) is 2.72. The number of amides is 1. The minimum atomic E-state index is -0.342. The van der Waals surface area contributed by atoms with Crippen LogP contribution in [0.4, 0.5) is 0 Å². The Morgan fingerprint density at radius 2 is 2.50 bits per heavy atom. The van der Waals surface area contributed by atoms with E-state index in [0.717, 1.165) is 15.8 Å². The first-order valence-corrected chi connectivity index (χ1v) is 5.89. The lowest BCUT2D eigenvalue weighted by Crippen LogP contribution is -2.38. The summed E-state index contributed by atoms with van der Waals surface area (Å²) < 4.78 is 1.16. The van der Waals surface area contributed by atoms with Gasteiger partial charge in [0.25, 0.3) is 0 Å². The van der Waals surface area contributed by atoms with E-state index in [9.17, 15) is 4.79 Å². The maximum atomic E-state index is 10.8. The number of hydrogen-bond acceptors (Lipinski definition) is 4. The maximum Gasteiger partial charge on any atom is 0.234 e. The van der Waals surface area contributed by atoms with Crippen molar-refractivity contribution in [3.8, 4) is 0 Å². The van der Waals surface area contributed by atoms with Crippen molar-refractivity contribution in [2.45, 2.75) is 19.5 Å². The molecule has 0 unspecified atom stereocenters. The van der Waals surface area contributed by atoms with Crippen LogP contribution in [0.25, 0.3) is 10.2 Å². The van der Waals surface area contributed by atoms with E-state index in [4.69, 9.17) is 5.73 Å². The summed E-state index contributed by atoms with van der Waals surface area (Å²) in [6.45, 7) is 2.35. The normalized spacial score (nSPS) is 12.8. The third kappa shape index (κ3) is 2.37. The smallest absolute Gasteiger partial charge is 0.234 e. The highest BCUT2D eigenvalue weighted by Gasteiger charge is 2.07. The van der Waals surface area contributed by atoms with E-state index in [2.05, 4.69) is 16.4 Å². The third-order valence-electron chi connectivity index (χ3n) is 2.40. The summed E-state index contributed by atoms with van der Waals surface area (Å²) in [6, 6.07) is 3.75. The number of carbonyl (C=O) groups excluding carboxylic acids is 1. The molecule has 0 aliphatic carbocycles. The molecule has 1 atom stereocenters. The molecule has 2 rings (SSSR count). The van der Waals surface area contributed by atoms with Gasteiger partial charge in [-0.3, -0.25) is 9.78 Å². The number of aromatic nitrogens is 1. The predicted molar refractivity (Wildman–Crippen MR) is 65.1 cm³/mol. The fourth-order valence-corrected chi connectivity index (χ4v) is 2.16. The minimum Gasteiger partial charge on any atom is -0.368 e. The van der Waals surface area contributed by atoms with Crippen LogP contribution in [-0.4, -0.2) is 16.9 Å². The molecule has 0 fully saturated rings. The van der Waals surface area contributed by atoms with Gasteiger partial charge in [0.2, 0.25) is 5.91 Å². The number of thiophene rings is 1. The van der Waals surface area contributed by atoms with Crippen LogP contribution in [0.15, 0.2) is 23.7 Å². The van der Waals surface area contributed by atoms with Crippen molar-refractivity contribution in [1.29, 1.82) is 0 Å². The van der Waals surface area contributed by atoms with E-state index in [-0.39, 0.29) is 11.9 Å². The quantitative estimate of drug-likeness (QED) is 0.838. The lowest BCUT2D eigenvalue weighted by atomic mass is 10.2. The summed E-state index contributed by atoms with van der Waals surface area (Å²) in [5, 5.41) is 5.06. The molecular weight excluding hydrogens is 222 g/mol.